The summed E-state index contributed by atoms with van der Waals surface area (Å²) in [6, 6.07) is 18.9. The van der Waals surface area contributed by atoms with E-state index in [9.17, 15) is 19.7 Å². The molecule has 2 aromatic carbocycles. The summed E-state index contributed by atoms with van der Waals surface area (Å²) < 4.78 is 0. The van der Waals surface area contributed by atoms with E-state index < -0.39 is 21.9 Å². The Morgan fingerprint density at radius 2 is 1.77 bits per heavy atom. The molecule has 4 aromatic rings. The number of rotatable bonds is 7. The Labute approximate surface area is 255 Å². The van der Waals surface area contributed by atoms with Crippen molar-refractivity contribution in [3.8, 4) is 0 Å². The van der Waals surface area contributed by atoms with Gasteiger partial charge in [0.25, 0.3) is 0 Å². The molecule has 11 heteroatoms. The molecule has 228 valence electrons. The molecule has 1 unspecified atom stereocenters. The van der Waals surface area contributed by atoms with Crippen molar-refractivity contribution in [2.24, 2.45) is 5.73 Å². The summed E-state index contributed by atoms with van der Waals surface area (Å²) in [7, 11) is 0. The molecule has 11 nitrogen and oxygen atoms in total. The Balaban J connectivity index is 1.27. The summed E-state index contributed by atoms with van der Waals surface area (Å²) >= 11 is 0. The Morgan fingerprint density at radius 1 is 1.07 bits per heavy atom. The van der Waals surface area contributed by atoms with E-state index in [1.807, 2.05) is 58.5 Å². The predicted octanol–water partition coefficient (Wildman–Crippen LogP) is 4.34. The van der Waals surface area contributed by atoms with Crippen LogP contribution in [0.4, 0.5) is 17.2 Å². The molecule has 6 rings (SSSR count). The monoisotopic (exact) mass is 595 g/mol. The van der Waals surface area contributed by atoms with Crippen molar-refractivity contribution in [2.45, 2.75) is 56.5 Å². The minimum atomic E-state index is -1.24. The number of fused-ring (bicyclic) bond motifs is 3. The maximum atomic E-state index is 14.4. The molecule has 4 N–H and O–H groups in total. The van der Waals surface area contributed by atoms with Gasteiger partial charge in [0.2, 0.25) is 17.6 Å². The highest BCUT2D eigenvalue weighted by molar-refractivity contribution is 5.95. The van der Waals surface area contributed by atoms with Gasteiger partial charge in [-0.05, 0) is 62.9 Å². The average Bonchev–Trinajstić information content (AvgIpc) is 3.55. The van der Waals surface area contributed by atoms with Crippen LogP contribution in [0.25, 0.3) is 10.9 Å². The number of anilines is 2. The van der Waals surface area contributed by atoms with Gasteiger partial charge in [-0.2, -0.15) is 0 Å². The lowest BCUT2D eigenvalue weighted by Gasteiger charge is -2.43. The van der Waals surface area contributed by atoms with Crippen molar-refractivity contribution in [3.63, 3.8) is 0 Å². The summed E-state index contributed by atoms with van der Waals surface area (Å²) in [4.78, 5) is 50.4. The topological polar surface area (TPSA) is 150 Å². The number of carbonyl (C=O) groups excluding carboxylic acids is 2. The summed E-state index contributed by atoms with van der Waals surface area (Å²) in [6.07, 6.45) is 5.07. The number of likely N-dealkylation sites (tertiary alicyclic amines) is 1. The number of hydrogen-bond donors (Lipinski definition) is 3. The summed E-state index contributed by atoms with van der Waals surface area (Å²) in [5, 5.41) is 15.9. The first-order valence-corrected chi connectivity index (χ1v) is 14.8. The number of amides is 2. The van der Waals surface area contributed by atoms with E-state index in [-0.39, 0.29) is 17.0 Å². The van der Waals surface area contributed by atoms with Crippen molar-refractivity contribution < 1.29 is 14.5 Å². The van der Waals surface area contributed by atoms with Crippen molar-refractivity contribution in [1.82, 2.24) is 20.2 Å². The first-order valence-electron chi connectivity index (χ1n) is 14.8. The van der Waals surface area contributed by atoms with Gasteiger partial charge in [-0.3, -0.25) is 19.7 Å². The molecule has 1 saturated heterocycles. The SMILES string of the molecule is CC(C)(N)C(=O)NC(C)(Cc1c[nH]c2ccccc12)C(=O)N1CCC2(CC1)CN(c1ncccc1[N+](=O)[O-])c1ccccc12. The maximum absolute atomic E-state index is 14.4. The quantitative estimate of drug-likeness (QED) is 0.212. The zero-order valence-corrected chi connectivity index (χ0v) is 25.2. The molecule has 4 heterocycles. The lowest BCUT2D eigenvalue weighted by atomic mass is 9.74. The van der Waals surface area contributed by atoms with Crippen LogP contribution in [0.1, 0.15) is 44.7 Å². The van der Waals surface area contributed by atoms with Gasteiger partial charge >= 0.3 is 5.69 Å². The number of pyridine rings is 1. The van der Waals surface area contributed by atoms with Gasteiger partial charge < -0.3 is 25.8 Å². The third-order valence-electron chi connectivity index (χ3n) is 9.12. The number of para-hydroxylation sites is 2. The maximum Gasteiger partial charge on any atom is 0.311 e. The highest BCUT2D eigenvalue weighted by atomic mass is 16.6. The number of aromatic nitrogens is 2. The molecule has 0 aliphatic carbocycles. The number of nitrogens with two attached hydrogens (primary N) is 1. The van der Waals surface area contributed by atoms with Crippen molar-refractivity contribution in [1.29, 1.82) is 0 Å². The number of piperidine rings is 1. The third-order valence-corrected chi connectivity index (χ3v) is 9.12. The first-order chi connectivity index (χ1) is 20.9. The second-order valence-corrected chi connectivity index (χ2v) is 12.8. The lowest BCUT2D eigenvalue weighted by Crippen LogP contribution is -2.64. The molecule has 2 aliphatic heterocycles. The average molecular weight is 596 g/mol. The molecule has 44 heavy (non-hydrogen) atoms. The van der Waals surface area contributed by atoms with Gasteiger partial charge in [0.15, 0.2) is 0 Å². The van der Waals surface area contributed by atoms with Crippen LogP contribution in [0.3, 0.4) is 0 Å². The number of benzene rings is 2. The molecule has 1 atom stereocenters. The fourth-order valence-electron chi connectivity index (χ4n) is 6.72. The molecule has 0 saturated carbocycles. The Bertz CT molecular complexity index is 1750. The predicted molar refractivity (Wildman–Crippen MR) is 169 cm³/mol. The van der Waals surface area contributed by atoms with Crippen molar-refractivity contribution >= 4 is 39.9 Å². The number of aromatic amines is 1. The molecular weight excluding hydrogens is 558 g/mol. The molecule has 0 radical (unpaired) electrons. The molecular formula is C33H37N7O4. The van der Waals surface area contributed by atoms with Gasteiger partial charge in [0, 0.05) is 66.5 Å². The first kappa shape index (κ1) is 29.3. The van der Waals surface area contributed by atoms with E-state index in [2.05, 4.69) is 21.4 Å². The minimum absolute atomic E-state index is 0.0430. The Morgan fingerprint density at radius 3 is 2.50 bits per heavy atom. The largest absolute Gasteiger partial charge is 0.361 e. The molecule has 0 bridgehead atoms. The smallest absolute Gasteiger partial charge is 0.311 e. The minimum Gasteiger partial charge on any atom is -0.361 e. The van der Waals surface area contributed by atoms with E-state index in [1.54, 1.807) is 33.0 Å². The van der Waals surface area contributed by atoms with Gasteiger partial charge in [-0.1, -0.05) is 36.4 Å². The van der Waals surface area contributed by atoms with Crippen LogP contribution in [0.15, 0.2) is 73.1 Å². The van der Waals surface area contributed by atoms with Crippen LogP contribution < -0.4 is 16.0 Å². The Kier molecular flexibility index (Phi) is 7.16. The van der Waals surface area contributed by atoms with Crippen LogP contribution in [0.2, 0.25) is 0 Å². The normalized spacial score (nSPS) is 17.4. The zero-order valence-electron chi connectivity index (χ0n) is 25.2. The summed E-state index contributed by atoms with van der Waals surface area (Å²) in [6.45, 7) is 6.49. The van der Waals surface area contributed by atoms with Crippen LogP contribution in [0, 0.1) is 10.1 Å². The van der Waals surface area contributed by atoms with E-state index >= 15 is 0 Å². The van der Waals surface area contributed by atoms with E-state index in [0.29, 0.717) is 44.7 Å². The van der Waals surface area contributed by atoms with Gasteiger partial charge in [0.05, 0.1) is 10.5 Å². The molecule has 1 spiro atoms. The van der Waals surface area contributed by atoms with Crippen molar-refractivity contribution in [2.75, 3.05) is 24.5 Å². The number of H-pyrrole nitrogens is 1. The number of nitrogens with one attached hydrogen (secondary N) is 2. The molecule has 2 aliphatic rings. The van der Waals surface area contributed by atoms with E-state index in [0.717, 1.165) is 27.7 Å². The lowest BCUT2D eigenvalue weighted by molar-refractivity contribution is -0.384. The highest BCUT2D eigenvalue weighted by Gasteiger charge is 2.49. The van der Waals surface area contributed by atoms with Crippen LogP contribution in [-0.2, 0) is 21.4 Å². The molecule has 2 amide bonds. The fraction of sp³-hybridized carbons (Fsp3) is 0.364. The molecule has 1 fully saturated rings. The standard InChI is InChI=1S/C33H37N7O4/c1-31(2,34)29(41)37-32(3,19-22-20-36-25-11-6-4-9-23(22)25)30(42)38-17-14-33(15-18-38)21-39(26-12-7-5-10-24(26)33)28-27(40(43)44)13-8-16-35-28/h4-13,16,20,36H,14-15,17-19,21,34H2,1-3H3,(H,37,41). The number of nitrogens with zero attached hydrogens (tertiary/aromatic N) is 4. The fourth-order valence-corrected chi connectivity index (χ4v) is 6.72. The van der Waals surface area contributed by atoms with Gasteiger partial charge in [-0.15, -0.1) is 0 Å². The number of hydrogen-bond acceptors (Lipinski definition) is 7. The second-order valence-electron chi connectivity index (χ2n) is 12.8. The summed E-state index contributed by atoms with van der Waals surface area (Å²) in [5.74, 6) is -0.253. The number of carbonyl (C=O) groups is 2. The van der Waals surface area contributed by atoms with Gasteiger partial charge in [-0.25, -0.2) is 4.98 Å². The van der Waals surface area contributed by atoms with Crippen LogP contribution >= 0.6 is 0 Å². The van der Waals surface area contributed by atoms with E-state index in [4.69, 9.17) is 5.73 Å². The second kappa shape index (κ2) is 10.7. The van der Waals surface area contributed by atoms with Crippen LogP contribution in [0.5, 0.6) is 0 Å². The number of nitro groups is 1. The van der Waals surface area contributed by atoms with Crippen LogP contribution in [-0.4, -0.2) is 62.3 Å². The van der Waals surface area contributed by atoms with E-state index in [1.165, 1.54) is 6.07 Å². The van der Waals surface area contributed by atoms with Gasteiger partial charge in [0.1, 0.15) is 5.54 Å². The zero-order chi connectivity index (χ0) is 31.3. The highest BCUT2D eigenvalue weighted by Crippen LogP contribution is 2.50. The summed E-state index contributed by atoms with van der Waals surface area (Å²) in [5.41, 5.74) is 7.28. The third kappa shape index (κ3) is 5.06. The molecule has 2 aromatic heterocycles. The Hall–Kier alpha value is -4.77. The van der Waals surface area contributed by atoms with Crippen molar-refractivity contribution in [3.05, 3.63) is 94.3 Å².